The molecule has 2 aliphatic rings. The van der Waals surface area contributed by atoms with Crippen LogP contribution >= 0.6 is 0 Å². The number of hydrogen-bond donors (Lipinski definition) is 3. The minimum atomic E-state index is -1.06. The summed E-state index contributed by atoms with van der Waals surface area (Å²) < 4.78 is 22.7. The van der Waals surface area contributed by atoms with Crippen molar-refractivity contribution in [2.24, 2.45) is 11.3 Å². The van der Waals surface area contributed by atoms with Gasteiger partial charge in [0, 0.05) is 45.5 Å². The number of nitrogens with one attached hydrogen (secondary N) is 2. The Hall–Kier alpha value is -1.49. The zero-order chi connectivity index (χ0) is 27.1. The zero-order valence-corrected chi connectivity index (χ0v) is 23.9. The molecule has 0 spiro atoms. The van der Waals surface area contributed by atoms with E-state index >= 15 is 0 Å². The van der Waals surface area contributed by atoms with Crippen LogP contribution in [0.1, 0.15) is 74.1 Å². The van der Waals surface area contributed by atoms with Gasteiger partial charge in [0.1, 0.15) is 6.61 Å². The summed E-state index contributed by atoms with van der Waals surface area (Å²) in [6, 6.07) is -0.291. The Bertz CT molecular complexity index is 792. The van der Waals surface area contributed by atoms with Crippen molar-refractivity contribution in [3.63, 3.8) is 0 Å². The van der Waals surface area contributed by atoms with Crippen LogP contribution in [0.2, 0.25) is 0 Å². The molecular weight excluding hydrogens is 482 g/mol. The fourth-order valence-electron chi connectivity index (χ4n) is 5.11. The summed E-state index contributed by atoms with van der Waals surface area (Å²) in [5.41, 5.74) is -0.897. The highest BCUT2D eigenvalue weighted by Gasteiger charge is 2.45. The third kappa shape index (κ3) is 9.76. The average Bonchev–Trinajstić information content (AvgIpc) is 2.69. The smallest absolute Gasteiger partial charge is 0.407 e. The number of carbonyl (C=O) groups excluding carboxylic acids is 2. The molecule has 2 aliphatic heterocycles. The van der Waals surface area contributed by atoms with Gasteiger partial charge in [0.25, 0.3) is 0 Å². The van der Waals surface area contributed by atoms with E-state index in [4.69, 9.17) is 9.47 Å². The normalized spacial score (nSPS) is 23.1. The van der Waals surface area contributed by atoms with Gasteiger partial charge >= 0.3 is 6.09 Å². The van der Waals surface area contributed by atoms with Crippen molar-refractivity contribution in [2.75, 3.05) is 31.3 Å². The first kappa shape index (κ1) is 30.7. The number of hydrogen-bond acceptors (Lipinski definition) is 7. The predicted molar refractivity (Wildman–Crippen MR) is 141 cm³/mol. The maximum absolute atomic E-state index is 12.6. The molecular formula is C26H47N3O6S. The molecule has 3 N–H and O–H groups in total. The van der Waals surface area contributed by atoms with E-state index in [0.29, 0.717) is 49.9 Å². The minimum absolute atomic E-state index is 0.0242. The van der Waals surface area contributed by atoms with Crippen LogP contribution in [0.4, 0.5) is 4.79 Å². The molecule has 9 nitrogen and oxygen atoms in total. The Balaban J connectivity index is 1.77. The molecule has 0 aliphatic carbocycles. The Morgan fingerprint density at radius 3 is 2.31 bits per heavy atom. The van der Waals surface area contributed by atoms with Gasteiger partial charge in [-0.3, -0.25) is 9.00 Å². The molecule has 0 radical (unpaired) electrons. The van der Waals surface area contributed by atoms with E-state index in [1.165, 1.54) is 5.06 Å². The van der Waals surface area contributed by atoms with Crippen molar-refractivity contribution in [2.45, 2.75) is 97.3 Å². The van der Waals surface area contributed by atoms with Crippen LogP contribution in [0.25, 0.3) is 0 Å². The standard InChI is InChI=1S/C26H47N3O6S/c1-19(2)13-20(28-23(31)35-11-12-36(33)18-26(7)16-34-17-26)9-8-10-22(30)27-21-14-24(3,4)29(32)25(5,6)15-21/h8-9,19-21,32H,10-18H2,1-7H3,(H,27,30)(H,28,31). The van der Waals surface area contributed by atoms with E-state index in [-0.39, 0.29) is 36.4 Å². The van der Waals surface area contributed by atoms with Gasteiger partial charge in [-0.2, -0.15) is 5.06 Å². The molecule has 36 heavy (non-hydrogen) atoms. The Morgan fingerprint density at radius 2 is 1.78 bits per heavy atom. The van der Waals surface area contributed by atoms with Crippen molar-refractivity contribution >= 4 is 22.8 Å². The summed E-state index contributed by atoms with van der Waals surface area (Å²) in [4.78, 5) is 24.9. The van der Waals surface area contributed by atoms with Gasteiger partial charge in [0.15, 0.2) is 0 Å². The summed E-state index contributed by atoms with van der Waals surface area (Å²) in [5.74, 6) is 1.09. The van der Waals surface area contributed by atoms with Gasteiger partial charge in [-0.05, 0) is 52.9 Å². The lowest BCUT2D eigenvalue weighted by molar-refractivity contribution is -0.246. The van der Waals surface area contributed by atoms with Gasteiger partial charge in [0.05, 0.1) is 25.0 Å². The Labute approximate surface area is 219 Å². The highest BCUT2D eigenvalue weighted by Crippen LogP contribution is 2.36. The molecule has 2 atom stereocenters. The lowest BCUT2D eigenvalue weighted by atomic mass is 9.79. The monoisotopic (exact) mass is 529 g/mol. The second kappa shape index (κ2) is 12.8. The van der Waals surface area contributed by atoms with Gasteiger partial charge in [-0.25, -0.2) is 4.79 Å². The van der Waals surface area contributed by atoms with Gasteiger partial charge in [0.2, 0.25) is 5.91 Å². The fourth-order valence-corrected chi connectivity index (χ4v) is 6.46. The maximum Gasteiger partial charge on any atom is 0.407 e. The quantitative estimate of drug-likeness (QED) is 0.332. The Kier molecular flexibility index (Phi) is 11.0. The van der Waals surface area contributed by atoms with Gasteiger partial charge in [-0.15, -0.1) is 0 Å². The minimum Gasteiger partial charge on any atom is -0.449 e. The number of piperidine rings is 1. The molecule has 0 aromatic heterocycles. The van der Waals surface area contributed by atoms with Crippen molar-refractivity contribution in [3.8, 4) is 0 Å². The second-order valence-corrected chi connectivity index (χ2v) is 13.9. The molecule has 0 aromatic carbocycles. The summed E-state index contributed by atoms with van der Waals surface area (Å²) >= 11 is 0. The maximum atomic E-state index is 12.6. The van der Waals surface area contributed by atoms with Crippen LogP contribution in [0.3, 0.4) is 0 Å². The van der Waals surface area contributed by atoms with Crippen molar-refractivity contribution < 1.29 is 28.5 Å². The van der Waals surface area contributed by atoms with Crippen molar-refractivity contribution in [3.05, 3.63) is 12.2 Å². The summed E-state index contributed by atoms with van der Waals surface area (Å²) in [6.07, 6.45) is 5.27. The number of amides is 2. The van der Waals surface area contributed by atoms with Crippen molar-refractivity contribution in [1.29, 1.82) is 0 Å². The molecule has 2 saturated heterocycles. The van der Waals surface area contributed by atoms with E-state index in [1.54, 1.807) is 6.08 Å². The first-order valence-electron chi connectivity index (χ1n) is 12.9. The van der Waals surface area contributed by atoms with E-state index in [0.717, 1.165) is 0 Å². The SMILES string of the molecule is CC(C)CC(C=CCC(=O)NC1CC(C)(C)N(O)C(C)(C)C1)NC(=O)OCCS(=O)CC1(C)COC1. The highest BCUT2D eigenvalue weighted by atomic mass is 32.2. The second-order valence-electron chi connectivity index (χ2n) is 12.3. The van der Waals surface area contributed by atoms with Crippen LogP contribution in [-0.4, -0.2) is 81.0 Å². The molecule has 0 saturated carbocycles. The van der Waals surface area contributed by atoms with E-state index < -0.39 is 28.0 Å². The molecule has 0 aromatic rings. The summed E-state index contributed by atoms with van der Waals surface area (Å²) in [7, 11) is -1.06. The van der Waals surface area contributed by atoms with Crippen LogP contribution in [0, 0.1) is 11.3 Å². The number of carbonyl (C=O) groups is 2. The van der Waals surface area contributed by atoms with Gasteiger partial charge < -0.3 is 25.3 Å². The molecule has 208 valence electrons. The number of rotatable bonds is 12. The lowest BCUT2D eigenvalue weighted by Crippen LogP contribution is -2.62. The van der Waals surface area contributed by atoms with Crippen LogP contribution in [0.15, 0.2) is 12.2 Å². The summed E-state index contributed by atoms with van der Waals surface area (Å²) in [5, 5.41) is 17.8. The topological polar surface area (TPSA) is 117 Å². The Morgan fingerprint density at radius 1 is 1.17 bits per heavy atom. The van der Waals surface area contributed by atoms with Gasteiger partial charge in [-0.1, -0.05) is 32.9 Å². The first-order chi connectivity index (χ1) is 16.6. The molecule has 2 heterocycles. The molecule has 10 heteroatoms. The third-order valence-corrected chi connectivity index (χ3v) is 8.30. The fraction of sp³-hybridized carbons (Fsp3) is 0.846. The molecule has 2 amide bonds. The molecule has 2 unspecified atom stereocenters. The first-order valence-corrected chi connectivity index (χ1v) is 14.4. The number of nitrogens with zero attached hydrogens (tertiary/aromatic N) is 1. The molecule has 2 rings (SSSR count). The number of hydroxylamine groups is 2. The third-order valence-electron chi connectivity index (χ3n) is 6.66. The van der Waals surface area contributed by atoms with E-state index in [2.05, 4.69) is 24.5 Å². The average molecular weight is 530 g/mol. The highest BCUT2D eigenvalue weighted by molar-refractivity contribution is 7.85. The molecule has 2 fully saturated rings. The lowest BCUT2D eigenvalue weighted by Gasteiger charge is -2.51. The van der Waals surface area contributed by atoms with Crippen LogP contribution in [-0.2, 0) is 25.1 Å². The van der Waals surface area contributed by atoms with E-state index in [9.17, 15) is 19.0 Å². The van der Waals surface area contributed by atoms with Crippen LogP contribution in [0.5, 0.6) is 0 Å². The largest absolute Gasteiger partial charge is 0.449 e. The summed E-state index contributed by atoms with van der Waals surface area (Å²) in [6.45, 7) is 15.4. The molecule has 0 bridgehead atoms. The predicted octanol–water partition coefficient (Wildman–Crippen LogP) is 3.39. The van der Waals surface area contributed by atoms with Crippen molar-refractivity contribution in [1.82, 2.24) is 15.7 Å². The number of alkyl carbamates (subject to hydrolysis) is 1. The van der Waals surface area contributed by atoms with Crippen LogP contribution < -0.4 is 10.6 Å². The zero-order valence-electron chi connectivity index (χ0n) is 23.1. The van der Waals surface area contributed by atoms with E-state index in [1.807, 2.05) is 40.7 Å². The number of ether oxygens (including phenoxy) is 2.